The summed E-state index contributed by atoms with van der Waals surface area (Å²) in [6.45, 7) is -0.0401. The molecule has 11 atom stereocenters. The Morgan fingerprint density at radius 3 is 2.42 bits per heavy atom. The topological polar surface area (TPSA) is 213 Å². The number of nitrogens with zero attached hydrogens (tertiary/aromatic N) is 3. The number of rotatable bonds is 5. The molecule has 33 heavy (non-hydrogen) atoms. The van der Waals surface area contributed by atoms with Crippen LogP contribution in [0.15, 0.2) is 35.4 Å². The lowest BCUT2D eigenvalue weighted by Crippen LogP contribution is -2.66. The van der Waals surface area contributed by atoms with E-state index in [9.17, 15) is 30.3 Å². The van der Waals surface area contributed by atoms with Crippen LogP contribution in [-0.4, -0.2) is 99.5 Å². The number of benzene rings is 1. The van der Waals surface area contributed by atoms with Gasteiger partial charge in [0, 0.05) is 10.5 Å². The number of carboxylic acids is 1. The van der Waals surface area contributed by atoms with Crippen molar-refractivity contribution in [2.75, 3.05) is 6.61 Å². The van der Waals surface area contributed by atoms with Gasteiger partial charge in [0.1, 0.15) is 42.7 Å². The van der Waals surface area contributed by atoms with Crippen molar-refractivity contribution in [3.63, 3.8) is 0 Å². The second-order valence-electron chi connectivity index (χ2n) is 7.77. The van der Waals surface area contributed by atoms with Crippen molar-refractivity contribution in [1.82, 2.24) is 0 Å². The first-order chi connectivity index (χ1) is 15.8. The second kappa shape index (κ2) is 9.87. The molecule has 0 bridgehead atoms. The summed E-state index contributed by atoms with van der Waals surface area (Å²) in [6, 6.07) is 8.94. The Morgan fingerprint density at radius 1 is 1.03 bits per heavy atom. The number of aliphatic hydroxyl groups excluding tert-OH is 4. The monoisotopic (exact) mass is 469 g/mol. The predicted octanol–water partition coefficient (Wildman–Crippen LogP) is -1.23. The van der Waals surface area contributed by atoms with Crippen LogP contribution in [-0.2, 0) is 28.5 Å². The van der Waals surface area contributed by atoms with Gasteiger partial charge in [0.25, 0.3) is 0 Å². The smallest absolute Gasteiger partial charge is 0.335 e. The molecule has 14 nitrogen and oxygen atoms in total. The molecule has 3 aliphatic rings. The number of carbonyl (C=O) groups is 1. The predicted molar refractivity (Wildman–Crippen MR) is 103 cm³/mol. The molecule has 0 saturated carbocycles. The quantitative estimate of drug-likeness (QED) is 0.196. The molecule has 3 fully saturated rings. The van der Waals surface area contributed by atoms with Crippen molar-refractivity contribution in [2.45, 2.75) is 67.6 Å². The molecule has 1 aromatic carbocycles. The van der Waals surface area contributed by atoms with Crippen molar-refractivity contribution < 1.29 is 54.0 Å². The fourth-order valence-corrected chi connectivity index (χ4v) is 3.97. The summed E-state index contributed by atoms with van der Waals surface area (Å²) < 4.78 is 27.6. The molecule has 180 valence electrons. The fourth-order valence-electron chi connectivity index (χ4n) is 3.97. The van der Waals surface area contributed by atoms with Crippen molar-refractivity contribution in [3.05, 3.63) is 46.3 Å². The maximum Gasteiger partial charge on any atom is 0.335 e. The zero-order valence-corrected chi connectivity index (χ0v) is 17.0. The van der Waals surface area contributed by atoms with Crippen molar-refractivity contribution in [1.29, 1.82) is 0 Å². The van der Waals surface area contributed by atoms with Crippen LogP contribution in [0, 0.1) is 0 Å². The van der Waals surface area contributed by atoms with Gasteiger partial charge in [0.2, 0.25) is 0 Å². The summed E-state index contributed by atoms with van der Waals surface area (Å²) >= 11 is 0. The highest BCUT2D eigenvalue weighted by atomic mass is 16.8. The molecule has 3 aliphatic heterocycles. The van der Waals surface area contributed by atoms with Crippen molar-refractivity contribution >= 4 is 5.97 Å². The van der Waals surface area contributed by atoms with Crippen LogP contribution in [0.25, 0.3) is 10.4 Å². The number of aliphatic hydroxyl groups is 4. The van der Waals surface area contributed by atoms with Crippen LogP contribution < -0.4 is 0 Å². The highest BCUT2D eigenvalue weighted by Crippen LogP contribution is 2.36. The van der Waals surface area contributed by atoms with Gasteiger partial charge >= 0.3 is 5.97 Å². The molecule has 1 aromatic rings. The summed E-state index contributed by atoms with van der Waals surface area (Å²) in [5.41, 5.74) is 9.24. The highest BCUT2D eigenvalue weighted by molar-refractivity contribution is 5.73. The zero-order valence-electron chi connectivity index (χ0n) is 17.0. The Bertz CT molecular complexity index is 883. The average Bonchev–Trinajstić information content (AvgIpc) is 2.82. The van der Waals surface area contributed by atoms with Crippen LogP contribution >= 0.6 is 0 Å². The molecular formula is C19H23N3O11. The van der Waals surface area contributed by atoms with Crippen molar-refractivity contribution in [3.8, 4) is 0 Å². The lowest BCUT2D eigenvalue weighted by atomic mass is 9.96. The van der Waals surface area contributed by atoms with Gasteiger partial charge in [-0.05, 0) is 5.53 Å². The number of ether oxygens (including phenoxy) is 5. The van der Waals surface area contributed by atoms with Crippen molar-refractivity contribution in [2.24, 2.45) is 5.11 Å². The van der Waals surface area contributed by atoms with Gasteiger partial charge in [-0.2, -0.15) is 0 Å². The van der Waals surface area contributed by atoms with E-state index in [1.165, 1.54) is 0 Å². The van der Waals surface area contributed by atoms with Crippen LogP contribution in [0.2, 0.25) is 0 Å². The molecule has 5 N–H and O–H groups in total. The molecule has 3 saturated heterocycles. The van der Waals surface area contributed by atoms with E-state index >= 15 is 0 Å². The molecular weight excluding hydrogens is 446 g/mol. The molecule has 0 spiro atoms. The van der Waals surface area contributed by atoms with Gasteiger partial charge in [0.05, 0.1) is 6.61 Å². The Morgan fingerprint density at radius 2 is 1.76 bits per heavy atom. The molecule has 0 radical (unpaired) electrons. The lowest BCUT2D eigenvalue weighted by Gasteiger charge is -2.48. The maximum absolute atomic E-state index is 11.6. The minimum atomic E-state index is -1.87. The van der Waals surface area contributed by atoms with E-state index < -0.39 is 73.6 Å². The molecule has 3 heterocycles. The van der Waals surface area contributed by atoms with Gasteiger partial charge in [-0.1, -0.05) is 35.4 Å². The number of hydrogen-bond acceptors (Lipinski definition) is 11. The second-order valence-corrected chi connectivity index (χ2v) is 7.77. The minimum Gasteiger partial charge on any atom is -0.479 e. The van der Waals surface area contributed by atoms with E-state index in [2.05, 4.69) is 10.0 Å². The van der Waals surface area contributed by atoms with Gasteiger partial charge in [0.15, 0.2) is 24.9 Å². The van der Waals surface area contributed by atoms with E-state index in [1.54, 1.807) is 24.3 Å². The van der Waals surface area contributed by atoms with E-state index in [4.69, 9.17) is 29.2 Å². The minimum absolute atomic E-state index is 0.0401. The average molecular weight is 469 g/mol. The molecule has 4 rings (SSSR count). The summed E-state index contributed by atoms with van der Waals surface area (Å²) in [5, 5.41) is 54.2. The van der Waals surface area contributed by atoms with E-state index in [1.807, 2.05) is 6.07 Å². The first-order valence-corrected chi connectivity index (χ1v) is 10.1. The molecule has 0 amide bonds. The zero-order chi connectivity index (χ0) is 23.7. The first kappa shape index (κ1) is 23.8. The van der Waals surface area contributed by atoms with Crippen LogP contribution in [0.3, 0.4) is 0 Å². The van der Waals surface area contributed by atoms with Gasteiger partial charge in [-0.3, -0.25) is 0 Å². The Kier molecular flexibility index (Phi) is 7.11. The number of fused-ring (bicyclic) bond motifs is 1. The number of aliphatic carboxylic acids is 1. The molecule has 0 aliphatic carbocycles. The SMILES string of the molecule is [N-]=[N+]=N[C@@H]1O[C@H](C(=O)O)[C@@H](O[C@@H]2O[C@@H]3CO[C@@H](c4ccccc4)O[C@H]3[C@H](O)[C@H]2O)[C@H](O)[C@H]1O. The fraction of sp³-hybridized carbons (Fsp3) is 0.632. The number of carboxylic acid groups (broad SMARTS) is 1. The Balaban J connectivity index is 1.47. The first-order valence-electron chi connectivity index (χ1n) is 10.1. The maximum atomic E-state index is 11.6. The standard InChI is InChI=1S/C19H23N3O11/c20-22-21-16-11(25)9(23)14(15(31-16)17(27)28)33-19-12(26)10(24)13-8(30-19)6-29-18(32-13)7-4-2-1-3-5-7/h1-5,8-16,18-19,23-26H,6H2,(H,27,28)/t8-,9-,10-,11-,12-,13-,14+,15+,16-,18-,19+/m1/s1. The number of hydrogen-bond donors (Lipinski definition) is 5. The highest BCUT2D eigenvalue weighted by Gasteiger charge is 2.54. The van der Waals surface area contributed by atoms with Crippen LogP contribution in [0.4, 0.5) is 0 Å². The van der Waals surface area contributed by atoms with Gasteiger partial charge in [-0.25, -0.2) is 4.79 Å². The summed E-state index contributed by atoms with van der Waals surface area (Å²) in [5.74, 6) is -1.58. The number of azide groups is 1. The van der Waals surface area contributed by atoms with Crippen LogP contribution in [0.1, 0.15) is 11.9 Å². The summed E-state index contributed by atoms with van der Waals surface area (Å²) in [4.78, 5) is 14.1. The third-order valence-electron chi connectivity index (χ3n) is 5.67. The van der Waals surface area contributed by atoms with Gasteiger partial charge in [-0.15, -0.1) is 0 Å². The lowest BCUT2D eigenvalue weighted by molar-refractivity contribution is -0.377. The van der Waals surface area contributed by atoms with E-state index in [0.29, 0.717) is 5.56 Å². The molecule has 14 heteroatoms. The van der Waals surface area contributed by atoms with E-state index in [-0.39, 0.29) is 6.61 Å². The Labute approximate surface area is 186 Å². The molecule has 0 aromatic heterocycles. The Hall–Kier alpha value is -2.36. The normalized spacial score (nSPS) is 43.2. The van der Waals surface area contributed by atoms with Crippen LogP contribution in [0.5, 0.6) is 0 Å². The third-order valence-corrected chi connectivity index (χ3v) is 5.67. The third kappa shape index (κ3) is 4.67. The van der Waals surface area contributed by atoms with E-state index in [0.717, 1.165) is 0 Å². The summed E-state index contributed by atoms with van der Waals surface area (Å²) in [7, 11) is 0. The molecule has 0 unspecified atom stereocenters. The summed E-state index contributed by atoms with van der Waals surface area (Å²) in [6.07, 6.45) is -16.4. The van der Waals surface area contributed by atoms with Gasteiger partial charge < -0.3 is 49.2 Å². The largest absolute Gasteiger partial charge is 0.479 e.